The van der Waals surface area contributed by atoms with Crippen LogP contribution in [0, 0.1) is 0 Å². The Kier molecular flexibility index (Phi) is 2.50. The number of rotatable bonds is 1. The molecule has 0 bridgehead atoms. The largest absolute Gasteiger partial charge is 0.0765 e. The third-order valence-electron chi connectivity index (χ3n) is 4.22. The molecule has 0 heteroatoms. The maximum absolute atomic E-state index is 2.35. The summed E-state index contributed by atoms with van der Waals surface area (Å²) in [7, 11) is 0. The molecule has 0 heterocycles. The molecule has 0 aliphatic heterocycles. The maximum atomic E-state index is 2.35. The number of benzene rings is 3. The third kappa shape index (κ3) is 1.61. The Balaban J connectivity index is 2.17. The molecule has 3 aromatic carbocycles. The molecule has 0 saturated heterocycles. The van der Waals surface area contributed by atoms with Gasteiger partial charge in [0.15, 0.2) is 0 Å². The Morgan fingerprint density at radius 3 is 2.40 bits per heavy atom. The molecule has 0 fully saturated rings. The molecule has 0 N–H and O–H groups in total. The molecular formula is C20H16. The summed E-state index contributed by atoms with van der Waals surface area (Å²) in [5.41, 5.74) is 7.01. The fourth-order valence-corrected chi connectivity index (χ4v) is 3.29. The zero-order valence-corrected chi connectivity index (χ0v) is 11.6. The predicted octanol–water partition coefficient (Wildman–Crippen LogP) is 5.47. The van der Waals surface area contributed by atoms with Crippen molar-refractivity contribution in [2.75, 3.05) is 0 Å². The first-order valence-corrected chi connectivity index (χ1v) is 7.12. The summed E-state index contributed by atoms with van der Waals surface area (Å²) in [5.74, 6) is 0. The van der Waals surface area contributed by atoms with Gasteiger partial charge < -0.3 is 0 Å². The minimum atomic E-state index is 1.06. The molecule has 0 spiro atoms. The standard InChI is InChI=1S/C20H16/c1-14-11-12-17-13-16-9-5-6-10-18(16)20(19(14)17)15-7-3-2-4-8-15/h2-11,13H,12H2,1H3. The van der Waals surface area contributed by atoms with Crippen LogP contribution in [-0.4, -0.2) is 0 Å². The molecule has 1 aliphatic carbocycles. The fourth-order valence-electron chi connectivity index (χ4n) is 3.29. The Morgan fingerprint density at radius 1 is 0.800 bits per heavy atom. The average molecular weight is 256 g/mol. The van der Waals surface area contributed by atoms with E-state index in [1.165, 1.54) is 38.6 Å². The number of hydrogen-bond donors (Lipinski definition) is 0. The molecule has 0 unspecified atom stereocenters. The van der Waals surface area contributed by atoms with E-state index in [2.05, 4.69) is 73.7 Å². The fraction of sp³-hybridized carbons (Fsp3) is 0.100. The summed E-state index contributed by atoms with van der Waals surface area (Å²) in [5, 5.41) is 2.69. The topological polar surface area (TPSA) is 0 Å². The summed E-state index contributed by atoms with van der Waals surface area (Å²) in [6.07, 6.45) is 3.40. The Bertz CT molecular complexity index is 823. The molecule has 0 radical (unpaired) electrons. The van der Waals surface area contributed by atoms with Crippen LogP contribution < -0.4 is 0 Å². The summed E-state index contributed by atoms with van der Waals surface area (Å²) >= 11 is 0. The van der Waals surface area contributed by atoms with E-state index >= 15 is 0 Å². The van der Waals surface area contributed by atoms with Crippen LogP contribution in [0.1, 0.15) is 18.1 Å². The smallest absolute Gasteiger partial charge is 0.00274 e. The quantitative estimate of drug-likeness (QED) is 0.542. The lowest BCUT2D eigenvalue weighted by Gasteiger charge is -2.15. The molecule has 0 atom stereocenters. The van der Waals surface area contributed by atoms with Crippen molar-refractivity contribution in [1.29, 1.82) is 0 Å². The van der Waals surface area contributed by atoms with Gasteiger partial charge in [0.25, 0.3) is 0 Å². The van der Waals surface area contributed by atoms with E-state index in [-0.39, 0.29) is 0 Å². The van der Waals surface area contributed by atoms with E-state index in [1.54, 1.807) is 0 Å². The Hall–Kier alpha value is -2.34. The molecular weight excluding hydrogens is 240 g/mol. The molecule has 0 amide bonds. The first-order valence-electron chi connectivity index (χ1n) is 7.12. The molecule has 96 valence electrons. The highest BCUT2D eigenvalue weighted by molar-refractivity contribution is 6.04. The maximum Gasteiger partial charge on any atom is -0.00274 e. The monoisotopic (exact) mass is 256 g/mol. The van der Waals surface area contributed by atoms with Gasteiger partial charge in [-0.25, -0.2) is 0 Å². The van der Waals surface area contributed by atoms with Gasteiger partial charge >= 0.3 is 0 Å². The second-order valence-corrected chi connectivity index (χ2v) is 5.46. The molecule has 0 aromatic heterocycles. The lowest BCUT2D eigenvalue weighted by Crippen LogP contribution is -1.92. The molecule has 3 aromatic rings. The van der Waals surface area contributed by atoms with E-state index in [1.807, 2.05) is 0 Å². The van der Waals surface area contributed by atoms with Gasteiger partial charge in [-0.15, -0.1) is 0 Å². The van der Waals surface area contributed by atoms with Crippen LogP contribution in [0.25, 0.3) is 27.5 Å². The van der Waals surface area contributed by atoms with Crippen LogP contribution in [0.3, 0.4) is 0 Å². The van der Waals surface area contributed by atoms with Gasteiger partial charge in [-0.3, -0.25) is 0 Å². The van der Waals surface area contributed by atoms with Crippen molar-refractivity contribution in [3.8, 4) is 11.1 Å². The van der Waals surface area contributed by atoms with Crippen molar-refractivity contribution in [1.82, 2.24) is 0 Å². The first-order chi connectivity index (χ1) is 9.84. The van der Waals surface area contributed by atoms with Gasteiger partial charge in [0, 0.05) is 0 Å². The van der Waals surface area contributed by atoms with Crippen LogP contribution in [0.2, 0.25) is 0 Å². The normalized spacial score (nSPS) is 13.3. The Morgan fingerprint density at radius 2 is 1.55 bits per heavy atom. The highest BCUT2D eigenvalue weighted by atomic mass is 14.2. The number of fused-ring (bicyclic) bond motifs is 2. The summed E-state index contributed by atoms with van der Waals surface area (Å²) in [6, 6.07) is 21.8. The summed E-state index contributed by atoms with van der Waals surface area (Å²) in [6.45, 7) is 2.23. The van der Waals surface area contributed by atoms with E-state index in [9.17, 15) is 0 Å². The van der Waals surface area contributed by atoms with Crippen LogP contribution >= 0.6 is 0 Å². The van der Waals surface area contributed by atoms with Gasteiger partial charge in [0.2, 0.25) is 0 Å². The van der Waals surface area contributed by atoms with Crippen LogP contribution in [0.4, 0.5) is 0 Å². The van der Waals surface area contributed by atoms with E-state index in [0.717, 1.165) is 6.42 Å². The number of hydrogen-bond acceptors (Lipinski definition) is 0. The van der Waals surface area contributed by atoms with Crippen molar-refractivity contribution in [2.24, 2.45) is 0 Å². The van der Waals surface area contributed by atoms with E-state index in [4.69, 9.17) is 0 Å². The number of allylic oxidation sites excluding steroid dienone is 2. The van der Waals surface area contributed by atoms with Gasteiger partial charge in [-0.05, 0) is 51.9 Å². The Labute approximate surface area is 119 Å². The second-order valence-electron chi connectivity index (χ2n) is 5.46. The lowest BCUT2D eigenvalue weighted by molar-refractivity contribution is 1.32. The second kappa shape index (κ2) is 4.35. The highest BCUT2D eigenvalue weighted by Crippen LogP contribution is 2.41. The van der Waals surface area contributed by atoms with Crippen LogP contribution in [-0.2, 0) is 6.42 Å². The minimum absolute atomic E-state index is 1.06. The van der Waals surface area contributed by atoms with Gasteiger partial charge in [0.05, 0.1) is 0 Å². The molecule has 1 aliphatic rings. The summed E-state index contributed by atoms with van der Waals surface area (Å²) in [4.78, 5) is 0. The van der Waals surface area contributed by atoms with Gasteiger partial charge in [-0.1, -0.05) is 66.7 Å². The third-order valence-corrected chi connectivity index (χ3v) is 4.22. The predicted molar refractivity (Wildman–Crippen MR) is 86.7 cm³/mol. The van der Waals surface area contributed by atoms with Crippen molar-refractivity contribution in [3.63, 3.8) is 0 Å². The summed E-state index contributed by atoms with van der Waals surface area (Å²) < 4.78 is 0. The highest BCUT2D eigenvalue weighted by Gasteiger charge is 2.18. The average Bonchev–Trinajstić information content (AvgIpc) is 2.87. The lowest BCUT2D eigenvalue weighted by atomic mass is 9.89. The molecule has 0 saturated carbocycles. The van der Waals surface area contributed by atoms with Gasteiger partial charge in [-0.2, -0.15) is 0 Å². The van der Waals surface area contributed by atoms with Crippen molar-refractivity contribution < 1.29 is 0 Å². The van der Waals surface area contributed by atoms with Gasteiger partial charge in [0.1, 0.15) is 0 Å². The molecule has 0 nitrogen and oxygen atoms in total. The van der Waals surface area contributed by atoms with Crippen LogP contribution in [0.15, 0.2) is 66.7 Å². The minimum Gasteiger partial charge on any atom is -0.0765 e. The van der Waals surface area contributed by atoms with Crippen molar-refractivity contribution in [2.45, 2.75) is 13.3 Å². The van der Waals surface area contributed by atoms with E-state index < -0.39 is 0 Å². The zero-order valence-electron chi connectivity index (χ0n) is 11.6. The molecule has 20 heavy (non-hydrogen) atoms. The van der Waals surface area contributed by atoms with Crippen molar-refractivity contribution >= 4 is 16.3 Å². The SMILES string of the molecule is CC1=CCc2cc3ccccc3c(-c3ccccc3)c21. The molecule has 4 rings (SSSR count). The van der Waals surface area contributed by atoms with E-state index in [0.29, 0.717) is 0 Å². The first kappa shape index (κ1) is 11.5. The van der Waals surface area contributed by atoms with Crippen LogP contribution in [0.5, 0.6) is 0 Å². The van der Waals surface area contributed by atoms with Crippen molar-refractivity contribution in [3.05, 3.63) is 77.9 Å². The zero-order chi connectivity index (χ0) is 13.5.